The van der Waals surface area contributed by atoms with Gasteiger partial charge in [0, 0.05) is 31.9 Å². The van der Waals surface area contributed by atoms with E-state index in [-0.39, 0.29) is 18.5 Å². The Bertz CT molecular complexity index is 993. The quantitative estimate of drug-likeness (QED) is 0.556. The van der Waals surface area contributed by atoms with Crippen molar-refractivity contribution in [1.82, 2.24) is 9.80 Å². The summed E-state index contributed by atoms with van der Waals surface area (Å²) >= 11 is 0. The second kappa shape index (κ2) is 9.94. The number of hydrogen-bond acceptors (Lipinski definition) is 2. The van der Waals surface area contributed by atoms with Gasteiger partial charge in [0.2, 0.25) is 5.91 Å². The third-order valence-corrected chi connectivity index (χ3v) is 5.57. The largest absolute Gasteiger partial charge is 0.337 e. The number of hydrogen-bond donors (Lipinski definition) is 0. The molecule has 5 heteroatoms. The van der Waals surface area contributed by atoms with Crippen LogP contribution in [-0.4, -0.2) is 47.9 Å². The Kier molecular flexibility index (Phi) is 6.62. The molecule has 0 N–H and O–H groups in total. The van der Waals surface area contributed by atoms with E-state index in [1.807, 2.05) is 83.8 Å². The monoisotopic (exact) mass is 413 g/mol. The Morgan fingerprint density at radius 1 is 0.774 bits per heavy atom. The van der Waals surface area contributed by atoms with E-state index >= 15 is 0 Å². The van der Waals surface area contributed by atoms with E-state index in [4.69, 9.17) is 0 Å². The summed E-state index contributed by atoms with van der Waals surface area (Å²) in [5.41, 5.74) is 3.15. The van der Waals surface area contributed by atoms with Gasteiger partial charge in [0.1, 0.15) is 6.54 Å². The minimum atomic E-state index is -0.109. The number of urea groups is 1. The third-order valence-electron chi connectivity index (χ3n) is 5.57. The molecule has 0 saturated carbocycles. The minimum absolute atomic E-state index is 0.0250. The summed E-state index contributed by atoms with van der Waals surface area (Å²) < 4.78 is 0. The van der Waals surface area contributed by atoms with Gasteiger partial charge in [-0.05, 0) is 29.7 Å². The van der Waals surface area contributed by atoms with E-state index in [1.54, 1.807) is 9.80 Å². The summed E-state index contributed by atoms with van der Waals surface area (Å²) in [5, 5.41) is 0. The van der Waals surface area contributed by atoms with E-state index in [0.29, 0.717) is 26.2 Å². The van der Waals surface area contributed by atoms with Crippen LogP contribution in [0.5, 0.6) is 0 Å². The van der Waals surface area contributed by atoms with E-state index in [9.17, 15) is 9.59 Å². The summed E-state index contributed by atoms with van der Waals surface area (Å²) in [7, 11) is 0. The number of nitrogens with zero attached hydrogens (tertiary/aromatic N) is 3. The van der Waals surface area contributed by atoms with Gasteiger partial charge in [0.25, 0.3) is 0 Å². The van der Waals surface area contributed by atoms with Gasteiger partial charge in [0.05, 0.1) is 0 Å². The van der Waals surface area contributed by atoms with Gasteiger partial charge in [-0.15, -0.1) is 0 Å². The van der Waals surface area contributed by atoms with Crippen LogP contribution < -0.4 is 4.90 Å². The van der Waals surface area contributed by atoms with Crippen molar-refractivity contribution in [2.45, 2.75) is 13.0 Å². The Labute approximate surface area is 183 Å². The first-order valence-corrected chi connectivity index (χ1v) is 10.7. The molecule has 0 spiro atoms. The van der Waals surface area contributed by atoms with Crippen molar-refractivity contribution in [3.05, 3.63) is 102 Å². The summed E-state index contributed by atoms with van der Waals surface area (Å²) in [6.07, 6.45) is 0.781. The standard InChI is InChI=1S/C26H27N3O2/c30-25(21-28-18-19-29(26(28)31)24-14-8-3-9-15-24)27(20-23-12-6-2-7-13-23)17-16-22-10-4-1-5-11-22/h1-15H,16-21H2. The molecule has 3 aromatic carbocycles. The summed E-state index contributed by atoms with van der Waals surface area (Å²) in [6, 6.07) is 29.7. The molecule has 0 atom stereocenters. The molecule has 0 unspecified atom stereocenters. The normalized spacial score (nSPS) is 13.5. The van der Waals surface area contributed by atoms with Crippen molar-refractivity contribution in [1.29, 1.82) is 0 Å². The van der Waals surface area contributed by atoms with Crippen molar-refractivity contribution < 1.29 is 9.59 Å². The van der Waals surface area contributed by atoms with Crippen LogP contribution >= 0.6 is 0 Å². The molecule has 0 radical (unpaired) electrons. The summed E-state index contributed by atoms with van der Waals surface area (Å²) in [6.45, 7) is 2.40. The first-order valence-electron chi connectivity index (χ1n) is 10.7. The number of amides is 3. The average Bonchev–Trinajstić information content (AvgIpc) is 3.18. The van der Waals surface area contributed by atoms with Gasteiger partial charge >= 0.3 is 6.03 Å². The molecule has 0 bridgehead atoms. The van der Waals surface area contributed by atoms with Crippen LogP contribution in [0.2, 0.25) is 0 Å². The van der Waals surface area contributed by atoms with E-state index < -0.39 is 0 Å². The Morgan fingerprint density at radius 3 is 2.00 bits per heavy atom. The second-order valence-corrected chi connectivity index (χ2v) is 7.73. The highest BCUT2D eigenvalue weighted by Gasteiger charge is 2.31. The number of carbonyl (C=O) groups excluding carboxylic acids is 2. The molecule has 0 aliphatic carbocycles. The second-order valence-electron chi connectivity index (χ2n) is 7.73. The Hall–Kier alpha value is -3.60. The number of para-hydroxylation sites is 1. The number of benzene rings is 3. The fraction of sp³-hybridized carbons (Fsp3) is 0.231. The van der Waals surface area contributed by atoms with Crippen molar-refractivity contribution >= 4 is 17.6 Å². The Morgan fingerprint density at radius 2 is 1.35 bits per heavy atom. The molecule has 5 nitrogen and oxygen atoms in total. The predicted molar refractivity (Wildman–Crippen MR) is 123 cm³/mol. The molecular formula is C26H27N3O2. The van der Waals surface area contributed by atoms with Crippen LogP contribution in [0.25, 0.3) is 0 Å². The molecule has 1 aliphatic rings. The molecule has 1 heterocycles. The lowest BCUT2D eigenvalue weighted by molar-refractivity contribution is -0.132. The predicted octanol–water partition coefficient (Wildman–Crippen LogP) is 4.20. The van der Waals surface area contributed by atoms with Crippen LogP contribution in [0, 0.1) is 0 Å². The first-order chi connectivity index (χ1) is 15.2. The lowest BCUT2D eigenvalue weighted by Crippen LogP contribution is -2.42. The van der Waals surface area contributed by atoms with Crippen molar-refractivity contribution in [3.63, 3.8) is 0 Å². The highest BCUT2D eigenvalue weighted by Crippen LogP contribution is 2.20. The zero-order chi connectivity index (χ0) is 21.5. The van der Waals surface area contributed by atoms with Crippen LogP contribution in [0.3, 0.4) is 0 Å². The van der Waals surface area contributed by atoms with Gasteiger partial charge in [0.15, 0.2) is 0 Å². The summed E-state index contributed by atoms with van der Waals surface area (Å²) in [5.74, 6) is -0.0250. The minimum Gasteiger partial charge on any atom is -0.337 e. The highest BCUT2D eigenvalue weighted by molar-refractivity contribution is 5.96. The van der Waals surface area contributed by atoms with Crippen molar-refractivity contribution in [2.24, 2.45) is 0 Å². The smallest absolute Gasteiger partial charge is 0.325 e. The van der Waals surface area contributed by atoms with Gasteiger partial charge in [-0.25, -0.2) is 4.79 Å². The number of carbonyl (C=O) groups is 2. The van der Waals surface area contributed by atoms with Crippen LogP contribution in [0.1, 0.15) is 11.1 Å². The van der Waals surface area contributed by atoms with Gasteiger partial charge in [-0.2, -0.15) is 0 Å². The lowest BCUT2D eigenvalue weighted by Gasteiger charge is -2.26. The average molecular weight is 414 g/mol. The Balaban J connectivity index is 1.43. The fourth-order valence-corrected chi connectivity index (χ4v) is 3.84. The van der Waals surface area contributed by atoms with Gasteiger partial charge < -0.3 is 9.80 Å². The maximum atomic E-state index is 13.2. The topological polar surface area (TPSA) is 43.9 Å². The molecule has 1 fully saturated rings. The molecule has 1 aliphatic heterocycles. The first kappa shape index (κ1) is 20.7. The van der Waals surface area contributed by atoms with Crippen molar-refractivity contribution in [3.8, 4) is 0 Å². The van der Waals surface area contributed by atoms with E-state index in [2.05, 4.69) is 12.1 Å². The fourth-order valence-electron chi connectivity index (χ4n) is 3.84. The molecule has 31 heavy (non-hydrogen) atoms. The van der Waals surface area contributed by atoms with Crippen LogP contribution in [-0.2, 0) is 17.8 Å². The van der Waals surface area contributed by atoms with Gasteiger partial charge in [-0.3, -0.25) is 9.69 Å². The molecule has 1 saturated heterocycles. The third kappa shape index (κ3) is 5.31. The van der Waals surface area contributed by atoms with Gasteiger partial charge in [-0.1, -0.05) is 78.9 Å². The SMILES string of the molecule is O=C(CN1CCN(c2ccccc2)C1=O)N(CCc1ccccc1)Cc1ccccc1. The van der Waals surface area contributed by atoms with Crippen LogP contribution in [0.4, 0.5) is 10.5 Å². The lowest BCUT2D eigenvalue weighted by atomic mass is 10.1. The molecule has 158 valence electrons. The maximum Gasteiger partial charge on any atom is 0.325 e. The molecular weight excluding hydrogens is 386 g/mol. The zero-order valence-corrected chi connectivity index (χ0v) is 17.6. The molecule has 3 amide bonds. The van der Waals surface area contributed by atoms with Crippen molar-refractivity contribution in [2.75, 3.05) is 31.1 Å². The number of rotatable bonds is 8. The van der Waals surface area contributed by atoms with E-state index in [0.717, 1.165) is 17.7 Å². The van der Waals surface area contributed by atoms with Crippen LogP contribution in [0.15, 0.2) is 91.0 Å². The molecule has 4 rings (SSSR count). The number of anilines is 1. The van der Waals surface area contributed by atoms with E-state index in [1.165, 1.54) is 5.56 Å². The molecule has 3 aromatic rings. The maximum absolute atomic E-state index is 13.2. The highest BCUT2D eigenvalue weighted by atomic mass is 16.2. The zero-order valence-electron chi connectivity index (χ0n) is 17.6. The summed E-state index contributed by atoms with van der Waals surface area (Å²) in [4.78, 5) is 31.4. The molecule has 0 aromatic heterocycles.